The van der Waals surface area contributed by atoms with Crippen LogP contribution in [-0.2, 0) is 0 Å². The fourth-order valence-electron chi connectivity index (χ4n) is 4.45. The number of hydrogen-bond acceptors (Lipinski definition) is 2. The molecule has 0 radical (unpaired) electrons. The third kappa shape index (κ3) is 1.15. The fraction of sp³-hybridized carbons (Fsp3) is 0.857. The zero-order chi connectivity index (χ0) is 11.7. The van der Waals surface area contributed by atoms with Crippen molar-refractivity contribution in [3.8, 4) is 0 Å². The van der Waals surface area contributed by atoms with Crippen LogP contribution in [0.1, 0.15) is 40.0 Å². The highest BCUT2D eigenvalue weighted by molar-refractivity contribution is 5.35. The van der Waals surface area contributed by atoms with Crippen LogP contribution >= 0.6 is 0 Å². The maximum absolute atomic E-state index is 10.2. The van der Waals surface area contributed by atoms with Gasteiger partial charge in [0, 0.05) is 0 Å². The molecule has 0 saturated heterocycles. The Morgan fingerprint density at radius 1 is 1.19 bits per heavy atom. The predicted octanol–water partition coefficient (Wildman–Crippen LogP) is 2.11. The molecule has 2 unspecified atom stereocenters. The summed E-state index contributed by atoms with van der Waals surface area (Å²) in [4.78, 5) is 0. The maximum atomic E-state index is 10.2. The third-order valence-corrected chi connectivity index (χ3v) is 5.38. The largest absolute Gasteiger partial charge is 0.390 e. The molecule has 2 heteroatoms. The molecule has 2 fully saturated rings. The molecule has 0 aromatic carbocycles. The van der Waals surface area contributed by atoms with Crippen molar-refractivity contribution in [3.05, 3.63) is 11.6 Å². The number of hydrogen-bond donors (Lipinski definition) is 2. The Bertz CT molecular complexity index is 358. The highest BCUT2D eigenvalue weighted by Crippen LogP contribution is 2.64. The Kier molecular flexibility index (Phi) is 1.96. The maximum Gasteiger partial charge on any atom is 0.102 e. The Hall–Kier alpha value is -0.340. The number of fused-ring (bicyclic) bond motifs is 3. The summed E-state index contributed by atoms with van der Waals surface area (Å²) in [6.07, 6.45) is 4.31. The number of aliphatic hydroxyl groups is 2. The lowest BCUT2D eigenvalue weighted by atomic mass is 9.52. The fourth-order valence-corrected chi connectivity index (χ4v) is 4.45. The van der Waals surface area contributed by atoms with Gasteiger partial charge in [-0.1, -0.05) is 26.8 Å². The Labute approximate surface area is 97.4 Å². The van der Waals surface area contributed by atoms with Crippen LogP contribution in [0.3, 0.4) is 0 Å². The van der Waals surface area contributed by atoms with Crippen molar-refractivity contribution in [2.24, 2.45) is 22.7 Å². The molecule has 3 aliphatic rings. The average molecular weight is 222 g/mol. The van der Waals surface area contributed by atoms with Crippen LogP contribution in [-0.4, -0.2) is 22.4 Å². The van der Waals surface area contributed by atoms with E-state index >= 15 is 0 Å². The van der Waals surface area contributed by atoms with Gasteiger partial charge >= 0.3 is 0 Å². The molecule has 16 heavy (non-hydrogen) atoms. The van der Waals surface area contributed by atoms with Crippen LogP contribution in [0.4, 0.5) is 0 Å². The van der Waals surface area contributed by atoms with Crippen LogP contribution in [0.15, 0.2) is 11.6 Å². The minimum atomic E-state index is -0.603. The smallest absolute Gasteiger partial charge is 0.102 e. The number of rotatable bonds is 0. The molecule has 2 nitrogen and oxygen atoms in total. The van der Waals surface area contributed by atoms with Gasteiger partial charge in [0.15, 0.2) is 0 Å². The van der Waals surface area contributed by atoms with E-state index in [0.717, 1.165) is 18.4 Å². The van der Waals surface area contributed by atoms with E-state index < -0.39 is 12.2 Å². The van der Waals surface area contributed by atoms with E-state index in [1.54, 1.807) is 0 Å². The van der Waals surface area contributed by atoms with E-state index in [4.69, 9.17) is 0 Å². The quantitative estimate of drug-likeness (QED) is 0.616. The lowest BCUT2D eigenvalue weighted by Gasteiger charge is -2.54. The monoisotopic (exact) mass is 222 g/mol. The lowest BCUT2D eigenvalue weighted by molar-refractivity contribution is -0.0773. The topological polar surface area (TPSA) is 40.5 Å². The molecule has 0 spiro atoms. The molecule has 0 bridgehead atoms. The molecule has 2 saturated carbocycles. The summed E-state index contributed by atoms with van der Waals surface area (Å²) >= 11 is 0. The minimum absolute atomic E-state index is 0.178. The summed E-state index contributed by atoms with van der Waals surface area (Å²) in [6, 6.07) is 0. The predicted molar refractivity (Wildman–Crippen MR) is 62.8 cm³/mol. The molecular weight excluding hydrogens is 200 g/mol. The van der Waals surface area contributed by atoms with Crippen molar-refractivity contribution in [3.63, 3.8) is 0 Å². The van der Waals surface area contributed by atoms with Gasteiger partial charge in [-0.3, -0.25) is 0 Å². The van der Waals surface area contributed by atoms with Gasteiger partial charge in [-0.05, 0) is 47.5 Å². The first-order valence-electron chi connectivity index (χ1n) is 6.42. The number of aliphatic hydroxyl groups excluding tert-OH is 2. The summed E-state index contributed by atoms with van der Waals surface area (Å²) in [5.41, 5.74) is 1.61. The summed E-state index contributed by atoms with van der Waals surface area (Å²) < 4.78 is 0. The van der Waals surface area contributed by atoms with Crippen molar-refractivity contribution in [2.45, 2.75) is 52.2 Å². The van der Waals surface area contributed by atoms with Gasteiger partial charge in [0.2, 0.25) is 0 Å². The van der Waals surface area contributed by atoms with Gasteiger partial charge in [0.05, 0.1) is 6.10 Å². The summed E-state index contributed by atoms with van der Waals surface area (Å²) in [5.74, 6) is 0.869. The summed E-state index contributed by atoms with van der Waals surface area (Å²) in [5, 5.41) is 20.4. The van der Waals surface area contributed by atoms with Crippen molar-refractivity contribution < 1.29 is 10.2 Å². The molecule has 0 amide bonds. The van der Waals surface area contributed by atoms with E-state index in [2.05, 4.69) is 26.8 Å². The third-order valence-electron chi connectivity index (χ3n) is 5.38. The van der Waals surface area contributed by atoms with E-state index in [1.807, 2.05) is 0 Å². The van der Waals surface area contributed by atoms with Crippen molar-refractivity contribution in [2.75, 3.05) is 0 Å². The van der Waals surface area contributed by atoms with Crippen LogP contribution in [0.2, 0.25) is 0 Å². The summed E-state index contributed by atoms with van der Waals surface area (Å²) in [7, 11) is 0. The van der Waals surface area contributed by atoms with Gasteiger partial charge in [-0.25, -0.2) is 0 Å². The molecule has 2 N–H and O–H groups in total. The normalized spacial score (nSPS) is 53.7. The van der Waals surface area contributed by atoms with Gasteiger partial charge in [-0.2, -0.15) is 0 Å². The van der Waals surface area contributed by atoms with Crippen LogP contribution in [0, 0.1) is 22.7 Å². The standard InChI is InChI=1S/C14H22O2/c1-13(2)6-8-10(7-13)14(3)5-4-9(14)12(16)11(8)15/h4,8,10-12,15-16H,5-7H2,1-3H3/t8-,10+,11+,12?,14?/m1/s1. The van der Waals surface area contributed by atoms with Crippen LogP contribution in [0.5, 0.6) is 0 Å². The molecule has 3 rings (SSSR count). The zero-order valence-corrected chi connectivity index (χ0v) is 10.4. The Morgan fingerprint density at radius 2 is 1.88 bits per heavy atom. The van der Waals surface area contributed by atoms with E-state index in [9.17, 15) is 10.2 Å². The van der Waals surface area contributed by atoms with Crippen molar-refractivity contribution in [1.29, 1.82) is 0 Å². The van der Waals surface area contributed by atoms with Crippen LogP contribution in [0.25, 0.3) is 0 Å². The van der Waals surface area contributed by atoms with Gasteiger partial charge in [-0.15, -0.1) is 0 Å². The SMILES string of the molecule is CC1(C)C[C@H]2[C@H](O)C(O)C3=CCC3(C)[C@H]2C1. The first-order chi connectivity index (χ1) is 7.35. The molecule has 0 aromatic rings. The van der Waals surface area contributed by atoms with Crippen LogP contribution < -0.4 is 0 Å². The second-order valence-electron chi connectivity index (χ2n) is 7.06. The first kappa shape index (κ1) is 10.8. The molecule has 0 heterocycles. The molecule has 90 valence electrons. The molecule has 5 atom stereocenters. The second-order valence-corrected chi connectivity index (χ2v) is 7.06. The highest BCUT2D eigenvalue weighted by Gasteiger charge is 2.60. The van der Waals surface area contributed by atoms with Gasteiger partial charge < -0.3 is 10.2 Å². The molecule has 0 aliphatic heterocycles. The van der Waals surface area contributed by atoms with E-state index in [1.165, 1.54) is 6.42 Å². The average Bonchev–Trinajstić information content (AvgIpc) is 2.49. The molecule has 0 aromatic heterocycles. The molecular formula is C14H22O2. The molecule has 3 aliphatic carbocycles. The van der Waals surface area contributed by atoms with Crippen molar-refractivity contribution >= 4 is 0 Å². The first-order valence-corrected chi connectivity index (χ1v) is 6.42. The number of allylic oxidation sites excluding steroid dienone is 1. The van der Waals surface area contributed by atoms with Gasteiger partial charge in [0.1, 0.15) is 6.10 Å². The zero-order valence-electron chi connectivity index (χ0n) is 10.4. The van der Waals surface area contributed by atoms with Gasteiger partial charge in [0.25, 0.3) is 0 Å². The van der Waals surface area contributed by atoms with Crippen molar-refractivity contribution in [1.82, 2.24) is 0 Å². The second kappa shape index (κ2) is 2.91. The highest BCUT2D eigenvalue weighted by atomic mass is 16.3. The summed E-state index contributed by atoms with van der Waals surface area (Å²) in [6.45, 7) is 6.85. The Balaban J connectivity index is 2.00. The van der Waals surface area contributed by atoms with E-state index in [-0.39, 0.29) is 5.41 Å². The Morgan fingerprint density at radius 3 is 2.44 bits per heavy atom. The van der Waals surface area contributed by atoms with E-state index in [0.29, 0.717) is 17.3 Å². The minimum Gasteiger partial charge on any atom is -0.390 e. The lowest BCUT2D eigenvalue weighted by Crippen LogP contribution is -2.54.